The van der Waals surface area contributed by atoms with Crippen LogP contribution in [0.1, 0.15) is 12.0 Å². The number of benzene rings is 2. The Hall–Kier alpha value is -3.26. The van der Waals surface area contributed by atoms with Crippen LogP contribution < -0.4 is 10.7 Å². The molecular weight excluding hydrogens is 385 g/mol. The first-order chi connectivity index (χ1) is 14.5. The standard InChI is InChI=1S/C22H24FN5O2/c23-18-9-5-4-6-16(18)15-26-10-12-27(13-11-26)22(30)19-14-20(21(24)29)28(25-19)17-7-2-1-3-8-17/h1-9,20H,10-15H2,(H2,24,29). The van der Waals surface area contributed by atoms with Gasteiger partial charge in [0.1, 0.15) is 17.6 Å². The minimum absolute atomic E-state index is 0.176. The average Bonchev–Trinajstić information content (AvgIpc) is 3.22. The van der Waals surface area contributed by atoms with Gasteiger partial charge < -0.3 is 10.6 Å². The Morgan fingerprint density at radius 2 is 1.67 bits per heavy atom. The Morgan fingerprint density at radius 3 is 2.33 bits per heavy atom. The Bertz CT molecular complexity index is 957. The van der Waals surface area contributed by atoms with E-state index in [-0.39, 0.29) is 18.1 Å². The summed E-state index contributed by atoms with van der Waals surface area (Å²) in [5, 5.41) is 5.96. The van der Waals surface area contributed by atoms with E-state index in [1.807, 2.05) is 36.4 Å². The highest BCUT2D eigenvalue weighted by molar-refractivity contribution is 6.40. The van der Waals surface area contributed by atoms with Crippen LogP contribution in [0.2, 0.25) is 0 Å². The molecule has 2 aliphatic rings. The first kappa shape index (κ1) is 20.0. The Morgan fingerprint density at radius 1 is 1.00 bits per heavy atom. The molecule has 0 aromatic heterocycles. The number of carbonyl (C=O) groups excluding carboxylic acids is 2. The van der Waals surface area contributed by atoms with Crippen molar-refractivity contribution < 1.29 is 14.0 Å². The molecule has 156 valence electrons. The van der Waals surface area contributed by atoms with Crippen molar-refractivity contribution in [3.05, 3.63) is 66.0 Å². The monoisotopic (exact) mass is 409 g/mol. The summed E-state index contributed by atoms with van der Waals surface area (Å²) >= 11 is 0. The molecule has 0 radical (unpaired) electrons. The van der Waals surface area contributed by atoms with E-state index in [0.717, 1.165) is 5.69 Å². The molecule has 4 rings (SSSR count). The molecule has 0 saturated carbocycles. The number of piperazine rings is 1. The number of rotatable bonds is 5. The molecule has 7 nitrogen and oxygen atoms in total. The van der Waals surface area contributed by atoms with Crippen LogP contribution in [-0.2, 0) is 16.1 Å². The Balaban J connectivity index is 1.40. The predicted octanol–water partition coefficient (Wildman–Crippen LogP) is 1.59. The second-order valence-corrected chi connectivity index (χ2v) is 7.51. The Kier molecular flexibility index (Phi) is 5.76. The van der Waals surface area contributed by atoms with Crippen LogP contribution in [0.4, 0.5) is 10.1 Å². The minimum atomic E-state index is -0.673. The van der Waals surface area contributed by atoms with Crippen LogP contribution in [0.15, 0.2) is 59.7 Å². The highest BCUT2D eigenvalue weighted by Gasteiger charge is 2.37. The van der Waals surface area contributed by atoms with Gasteiger partial charge in [0.25, 0.3) is 5.91 Å². The van der Waals surface area contributed by atoms with Gasteiger partial charge in [0.2, 0.25) is 5.91 Å². The molecule has 30 heavy (non-hydrogen) atoms. The first-order valence-corrected chi connectivity index (χ1v) is 9.99. The second kappa shape index (κ2) is 8.62. The molecule has 2 aromatic rings. The number of hydrazone groups is 1. The summed E-state index contributed by atoms with van der Waals surface area (Å²) in [6, 6.07) is 15.3. The lowest BCUT2D eigenvalue weighted by Gasteiger charge is -2.34. The fourth-order valence-corrected chi connectivity index (χ4v) is 3.84. The topological polar surface area (TPSA) is 82.2 Å². The van der Waals surface area contributed by atoms with Crippen molar-refractivity contribution in [2.45, 2.75) is 19.0 Å². The molecule has 0 aliphatic carbocycles. The maximum Gasteiger partial charge on any atom is 0.270 e. The van der Waals surface area contributed by atoms with Gasteiger partial charge in [0.05, 0.1) is 5.69 Å². The third-order valence-corrected chi connectivity index (χ3v) is 5.52. The molecule has 2 aromatic carbocycles. The number of nitrogens with zero attached hydrogens (tertiary/aromatic N) is 4. The number of amides is 2. The predicted molar refractivity (Wildman–Crippen MR) is 112 cm³/mol. The van der Waals surface area contributed by atoms with E-state index >= 15 is 0 Å². The van der Waals surface area contributed by atoms with E-state index in [4.69, 9.17) is 5.73 Å². The van der Waals surface area contributed by atoms with Crippen LogP contribution in [0.25, 0.3) is 0 Å². The van der Waals surface area contributed by atoms with E-state index in [2.05, 4.69) is 10.0 Å². The molecule has 0 spiro atoms. The third-order valence-electron chi connectivity index (χ3n) is 5.52. The largest absolute Gasteiger partial charge is 0.368 e. The van der Waals surface area contributed by atoms with Crippen LogP contribution in [0.3, 0.4) is 0 Å². The minimum Gasteiger partial charge on any atom is -0.368 e. The molecule has 2 aliphatic heterocycles. The Labute approximate surface area is 174 Å². The van der Waals surface area contributed by atoms with Gasteiger partial charge in [-0.05, 0) is 18.2 Å². The number of primary amides is 1. The second-order valence-electron chi connectivity index (χ2n) is 7.51. The van der Waals surface area contributed by atoms with Crippen molar-refractivity contribution in [2.24, 2.45) is 10.8 Å². The summed E-state index contributed by atoms with van der Waals surface area (Å²) < 4.78 is 13.9. The summed E-state index contributed by atoms with van der Waals surface area (Å²) in [6.07, 6.45) is 0.193. The molecule has 1 fully saturated rings. The highest BCUT2D eigenvalue weighted by atomic mass is 19.1. The SMILES string of the molecule is NC(=O)C1CC(C(=O)N2CCN(Cc3ccccc3F)CC2)=NN1c1ccccc1. The lowest BCUT2D eigenvalue weighted by Crippen LogP contribution is -2.50. The molecule has 1 saturated heterocycles. The van der Waals surface area contributed by atoms with Crippen molar-refractivity contribution in [1.82, 2.24) is 9.80 Å². The number of halogens is 1. The summed E-state index contributed by atoms with van der Waals surface area (Å²) in [5.41, 5.74) is 7.27. The molecule has 1 unspecified atom stereocenters. The molecule has 2 amide bonds. The van der Waals surface area contributed by atoms with Gasteiger partial charge in [-0.15, -0.1) is 0 Å². The first-order valence-electron chi connectivity index (χ1n) is 9.99. The van der Waals surface area contributed by atoms with Crippen molar-refractivity contribution in [1.29, 1.82) is 0 Å². The molecular formula is C22H24FN5O2. The maximum absolute atomic E-state index is 13.9. The van der Waals surface area contributed by atoms with Crippen LogP contribution in [0.5, 0.6) is 0 Å². The highest BCUT2D eigenvalue weighted by Crippen LogP contribution is 2.25. The summed E-state index contributed by atoms with van der Waals surface area (Å²) in [7, 11) is 0. The van der Waals surface area contributed by atoms with Crippen LogP contribution >= 0.6 is 0 Å². The zero-order valence-electron chi connectivity index (χ0n) is 16.6. The molecule has 2 N–H and O–H groups in total. The molecule has 8 heteroatoms. The maximum atomic E-state index is 13.9. The van der Waals surface area contributed by atoms with Crippen molar-refractivity contribution >= 4 is 23.2 Å². The van der Waals surface area contributed by atoms with E-state index in [0.29, 0.717) is 44.0 Å². The van der Waals surface area contributed by atoms with Gasteiger partial charge in [0, 0.05) is 44.7 Å². The lowest BCUT2D eigenvalue weighted by atomic mass is 10.1. The van der Waals surface area contributed by atoms with Crippen LogP contribution in [0, 0.1) is 5.82 Å². The van der Waals surface area contributed by atoms with Gasteiger partial charge in [-0.3, -0.25) is 19.5 Å². The van der Waals surface area contributed by atoms with E-state index in [1.165, 1.54) is 11.1 Å². The third kappa shape index (κ3) is 4.18. The fourth-order valence-electron chi connectivity index (χ4n) is 3.84. The van der Waals surface area contributed by atoms with Gasteiger partial charge in [-0.2, -0.15) is 5.10 Å². The van der Waals surface area contributed by atoms with Crippen molar-refractivity contribution in [3.63, 3.8) is 0 Å². The number of hydrogen-bond donors (Lipinski definition) is 1. The quantitative estimate of drug-likeness (QED) is 0.813. The number of anilines is 1. The number of hydrogen-bond acceptors (Lipinski definition) is 5. The summed E-state index contributed by atoms with van der Waals surface area (Å²) in [4.78, 5) is 28.8. The summed E-state index contributed by atoms with van der Waals surface area (Å²) in [6.45, 7) is 2.86. The number of nitrogens with two attached hydrogens (primary N) is 1. The lowest BCUT2D eigenvalue weighted by molar-refractivity contribution is -0.125. The number of para-hydroxylation sites is 1. The zero-order chi connectivity index (χ0) is 21.1. The van der Waals surface area contributed by atoms with Gasteiger partial charge in [0.15, 0.2) is 0 Å². The molecule has 1 atom stereocenters. The molecule has 2 heterocycles. The van der Waals surface area contributed by atoms with Crippen LogP contribution in [-0.4, -0.2) is 59.5 Å². The smallest absolute Gasteiger partial charge is 0.270 e. The van der Waals surface area contributed by atoms with E-state index in [1.54, 1.807) is 17.0 Å². The average molecular weight is 409 g/mol. The molecule has 0 bridgehead atoms. The number of carbonyl (C=O) groups is 2. The zero-order valence-corrected chi connectivity index (χ0v) is 16.6. The summed E-state index contributed by atoms with van der Waals surface area (Å²) in [5.74, 6) is -0.903. The van der Waals surface area contributed by atoms with Crippen molar-refractivity contribution in [2.75, 3.05) is 31.2 Å². The van der Waals surface area contributed by atoms with Crippen molar-refractivity contribution in [3.8, 4) is 0 Å². The van der Waals surface area contributed by atoms with E-state index < -0.39 is 11.9 Å². The van der Waals surface area contributed by atoms with Gasteiger partial charge in [-0.1, -0.05) is 36.4 Å². The van der Waals surface area contributed by atoms with Gasteiger partial charge >= 0.3 is 0 Å². The normalized spacial score (nSPS) is 19.6. The van der Waals surface area contributed by atoms with Gasteiger partial charge in [-0.25, -0.2) is 4.39 Å². The fraction of sp³-hybridized carbons (Fsp3) is 0.318. The van der Waals surface area contributed by atoms with E-state index in [9.17, 15) is 14.0 Å².